The number of rotatable bonds is 8. The summed E-state index contributed by atoms with van der Waals surface area (Å²) in [6, 6.07) is 9.22. The van der Waals surface area contributed by atoms with Crippen LogP contribution in [0.25, 0.3) is 16.9 Å². The molecule has 0 aromatic carbocycles. The van der Waals surface area contributed by atoms with Gasteiger partial charge in [-0.05, 0) is 56.9 Å². The molecule has 6 heterocycles. The summed E-state index contributed by atoms with van der Waals surface area (Å²) in [5, 5.41) is 18.9. The average molecular weight is 624 g/mol. The van der Waals surface area contributed by atoms with Crippen LogP contribution in [0.2, 0.25) is 0 Å². The second-order valence-electron chi connectivity index (χ2n) is 12.1. The van der Waals surface area contributed by atoms with E-state index in [-0.39, 0.29) is 36.2 Å². The first-order valence-corrected chi connectivity index (χ1v) is 15.3. The van der Waals surface area contributed by atoms with E-state index in [0.717, 1.165) is 5.39 Å². The summed E-state index contributed by atoms with van der Waals surface area (Å²) in [6.45, 7) is 5.60. The number of anilines is 1. The van der Waals surface area contributed by atoms with Crippen molar-refractivity contribution in [2.45, 2.75) is 64.1 Å². The number of fused-ring (bicyclic) bond motifs is 1. The monoisotopic (exact) mass is 623 g/mol. The Morgan fingerprint density at radius 1 is 1.11 bits per heavy atom. The van der Waals surface area contributed by atoms with Gasteiger partial charge in [0.05, 0.1) is 22.7 Å². The van der Waals surface area contributed by atoms with E-state index in [1.807, 2.05) is 36.7 Å². The first-order chi connectivity index (χ1) is 22.2. The van der Waals surface area contributed by atoms with Crippen LogP contribution in [0.1, 0.15) is 72.5 Å². The second-order valence-corrected chi connectivity index (χ2v) is 12.1. The lowest BCUT2D eigenvalue weighted by atomic mass is 9.91. The number of carbonyl (C=O) groups is 3. The van der Waals surface area contributed by atoms with E-state index in [1.165, 1.54) is 12.4 Å². The van der Waals surface area contributed by atoms with E-state index in [0.29, 0.717) is 78.3 Å². The summed E-state index contributed by atoms with van der Waals surface area (Å²) in [7, 11) is 0. The van der Waals surface area contributed by atoms with Crippen molar-refractivity contribution in [3.05, 3.63) is 77.3 Å². The number of halogens is 1. The molecule has 46 heavy (non-hydrogen) atoms. The van der Waals surface area contributed by atoms with E-state index >= 15 is 0 Å². The fraction of sp³-hybridized carbons (Fsp3) is 0.364. The normalized spacial score (nSPS) is 17.6. The van der Waals surface area contributed by atoms with Gasteiger partial charge in [-0.1, -0.05) is 0 Å². The minimum absolute atomic E-state index is 0.0612. The molecule has 2 fully saturated rings. The van der Waals surface area contributed by atoms with Crippen LogP contribution in [-0.2, 0) is 16.1 Å². The van der Waals surface area contributed by atoms with Gasteiger partial charge in [-0.2, -0.15) is 9.65 Å². The zero-order chi connectivity index (χ0) is 32.4. The Labute approximate surface area is 265 Å². The topological polar surface area (TPSA) is 158 Å². The quantitative estimate of drug-likeness (QED) is 0.197. The molecule has 2 aliphatic rings. The van der Waals surface area contributed by atoms with Crippen LogP contribution in [0, 0.1) is 17.3 Å². The van der Waals surface area contributed by atoms with Gasteiger partial charge >= 0.3 is 0 Å². The predicted molar refractivity (Wildman–Crippen MR) is 167 cm³/mol. The van der Waals surface area contributed by atoms with Gasteiger partial charge in [-0.25, -0.2) is 15.0 Å². The molecule has 236 valence electrons. The highest BCUT2D eigenvalue weighted by atomic mass is 19.1. The van der Waals surface area contributed by atoms with E-state index in [4.69, 9.17) is 0 Å². The summed E-state index contributed by atoms with van der Waals surface area (Å²) >= 11 is 0. The molecule has 0 aliphatic carbocycles. The Bertz CT molecular complexity index is 1860. The zero-order valence-corrected chi connectivity index (χ0v) is 25.6. The lowest BCUT2D eigenvalue weighted by Gasteiger charge is -2.32. The smallest absolute Gasteiger partial charge is 0.255 e. The third-order valence-electron chi connectivity index (χ3n) is 8.37. The summed E-state index contributed by atoms with van der Waals surface area (Å²) in [5.41, 5.74) is 3.20. The van der Waals surface area contributed by atoms with Crippen LogP contribution in [0.4, 0.5) is 10.1 Å². The molecule has 0 radical (unpaired) electrons. The third-order valence-corrected chi connectivity index (χ3v) is 8.37. The van der Waals surface area contributed by atoms with Gasteiger partial charge in [0.1, 0.15) is 17.5 Å². The Kier molecular flexibility index (Phi) is 8.72. The number of hydrogen-bond donors (Lipinski definition) is 3. The van der Waals surface area contributed by atoms with Gasteiger partial charge in [0.15, 0.2) is 0 Å². The zero-order valence-electron chi connectivity index (χ0n) is 25.6. The summed E-state index contributed by atoms with van der Waals surface area (Å²) in [6.07, 6.45) is 8.25. The first-order valence-electron chi connectivity index (χ1n) is 15.3. The van der Waals surface area contributed by atoms with Crippen molar-refractivity contribution in [3.8, 4) is 11.9 Å². The van der Waals surface area contributed by atoms with Gasteiger partial charge in [0.25, 0.3) is 5.91 Å². The van der Waals surface area contributed by atoms with E-state index in [9.17, 15) is 24.0 Å². The minimum Gasteiger partial charge on any atom is -0.382 e. The molecule has 0 spiro atoms. The molecule has 3 N–H and O–H groups in total. The summed E-state index contributed by atoms with van der Waals surface area (Å²) in [4.78, 5) is 52.3. The van der Waals surface area contributed by atoms with Crippen LogP contribution in [-0.4, -0.2) is 67.3 Å². The number of pyridine rings is 3. The largest absolute Gasteiger partial charge is 0.382 e. The molecule has 4 aromatic rings. The van der Waals surface area contributed by atoms with Gasteiger partial charge in [0, 0.05) is 79.9 Å². The van der Waals surface area contributed by atoms with Gasteiger partial charge in [-0.15, -0.1) is 0 Å². The summed E-state index contributed by atoms with van der Waals surface area (Å²) in [5.74, 6) is -1.43. The molecular weight excluding hydrogens is 589 g/mol. The number of imide groups is 1. The van der Waals surface area contributed by atoms with Crippen molar-refractivity contribution < 1.29 is 18.8 Å². The minimum atomic E-state index is -0.580. The molecule has 2 aliphatic heterocycles. The Morgan fingerprint density at radius 2 is 1.91 bits per heavy atom. The number of nitrogens with zero attached hydrogens (tertiary/aromatic N) is 6. The Hall–Kier alpha value is -5.22. The van der Waals surface area contributed by atoms with Crippen molar-refractivity contribution in [2.24, 2.45) is 0 Å². The van der Waals surface area contributed by atoms with Crippen LogP contribution >= 0.6 is 0 Å². The number of carbonyl (C=O) groups excluding carboxylic acids is 3. The lowest BCUT2D eigenvalue weighted by molar-refractivity contribution is -0.134. The molecule has 0 saturated carbocycles. The Morgan fingerprint density at radius 3 is 2.65 bits per heavy atom. The van der Waals surface area contributed by atoms with Gasteiger partial charge < -0.3 is 10.6 Å². The average Bonchev–Trinajstić information content (AvgIpc) is 3.46. The maximum absolute atomic E-state index is 14.7. The Balaban J connectivity index is 1.10. The second kappa shape index (κ2) is 13.0. The van der Waals surface area contributed by atoms with Crippen LogP contribution in [0.3, 0.4) is 0 Å². The molecule has 12 nitrogen and oxygen atoms in total. The molecule has 0 bridgehead atoms. The van der Waals surface area contributed by atoms with E-state index in [1.54, 1.807) is 18.3 Å². The summed E-state index contributed by atoms with van der Waals surface area (Å²) < 4.78 is 16.5. The van der Waals surface area contributed by atoms with Crippen molar-refractivity contribution >= 4 is 34.4 Å². The third kappa shape index (κ3) is 6.57. The maximum Gasteiger partial charge on any atom is 0.255 e. The molecule has 3 amide bonds. The van der Waals surface area contributed by atoms with E-state index < -0.39 is 11.9 Å². The van der Waals surface area contributed by atoms with E-state index in [2.05, 4.69) is 41.9 Å². The van der Waals surface area contributed by atoms with Crippen LogP contribution < -0.4 is 16.0 Å². The molecule has 13 heteroatoms. The molecular formula is C33H34FN9O3. The predicted octanol–water partition coefficient (Wildman–Crippen LogP) is 3.56. The number of likely N-dealkylation sites (tertiary alicyclic amines) is 1. The first kappa shape index (κ1) is 30.8. The highest BCUT2D eigenvalue weighted by Gasteiger charge is 2.29. The molecule has 2 saturated heterocycles. The van der Waals surface area contributed by atoms with Crippen LogP contribution in [0.5, 0.6) is 0 Å². The van der Waals surface area contributed by atoms with Crippen LogP contribution in [0.15, 0.2) is 49.1 Å². The molecule has 1 unspecified atom stereocenters. The number of nitriles is 1. The van der Waals surface area contributed by atoms with Crippen molar-refractivity contribution in [1.82, 2.24) is 35.1 Å². The highest BCUT2D eigenvalue weighted by molar-refractivity contribution is 6.01. The standard InChI is InChI=1S/C33H34FN9O3/c1-19(2)39-27-13-28(43-10-5-21-11-20(14-35)15-38-31(21)43)36-17-26(27)33(46)40-24-6-8-42(9-7-24)18-23-12-22(16-37-30(23)34)25-3-4-29(44)41-32(25)45/h5,10-13,15-17,19,24-25H,3-4,6-9,18H2,1-2H3,(H,36,39)(H,40,46)(H,41,44,45). The van der Waals surface area contributed by atoms with Crippen molar-refractivity contribution in [2.75, 3.05) is 18.4 Å². The fourth-order valence-electron chi connectivity index (χ4n) is 6.02. The fourth-order valence-corrected chi connectivity index (χ4v) is 6.02. The van der Waals surface area contributed by atoms with Crippen molar-refractivity contribution in [3.63, 3.8) is 0 Å². The maximum atomic E-state index is 14.7. The van der Waals surface area contributed by atoms with Gasteiger partial charge in [0.2, 0.25) is 17.8 Å². The lowest BCUT2D eigenvalue weighted by Crippen LogP contribution is -2.44. The SMILES string of the molecule is CC(C)Nc1cc(-n2ccc3cc(C#N)cnc32)ncc1C(=O)NC1CCN(Cc2cc(C3CCC(=O)NC3=O)cnc2F)CC1. The number of hydrogen-bond acceptors (Lipinski definition) is 9. The number of aromatic nitrogens is 4. The number of piperidine rings is 2. The molecule has 4 aromatic heterocycles. The molecule has 6 rings (SSSR count). The molecule has 1 atom stereocenters. The highest BCUT2D eigenvalue weighted by Crippen LogP contribution is 2.27. The van der Waals surface area contributed by atoms with Crippen molar-refractivity contribution in [1.29, 1.82) is 5.26 Å². The number of nitrogens with one attached hydrogen (secondary N) is 3. The van der Waals surface area contributed by atoms with Gasteiger partial charge in [-0.3, -0.25) is 29.2 Å². The number of amides is 3.